The van der Waals surface area contributed by atoms with Gasteiger partial charge in [0.1, 0.15) is 12.6 Å². The zero-order valence-electron chi connectivity index (χ0n) is 9.52. The Balaban J connectivity index is 2.66. The van der Waals surface area contributed by atoms with Gasteiger partial charge in [0.25, 0.3) is 0 Å². The van der Waals surface area contributed by atoms with Crippen LogP contribution in [-0.4, -0.2) is 67.3 Å². The maximum atomic E-state index is 12.7. The van der Waals surface area contributed by atoms with Gasteiger partial charge in [-0.25, -0.2) is 4.79 Å². The molecule has 1 unspecified atom stereocenters. The fourth-order valence-corrected chi connectivity index (χ4v) is 1.62. The normalized spacial score (nSPS) is 20.8. The summed E-state index contributed by atoms with van der Waals surface area (Å²) in [5.74, 6) is 0. The van der Waals surface area contributed by atoms with E-state index in [0.29, 0.717) is 4.90 Å². The fourth-order valence-electron chi connectivity index (χ4n) is 1.62. The number of carbonyl (C=O) groups excluding carboxylic acids is 2. The van der Waals surface area contributed by atoms with E-state index < -0.39 is 24.9 Å². The first-order valence-corrected chi connectivity index (χ1v) is 5.29. The van der Waals surface area contributed by atoms with Crippen molar-refractivity contribution in [2.45, 2.75) is 12.2 Å². The summed E-state index contributed by atoms with van der Waals surface area (Å²) >= 11 is 0. The van der Waals surface area contributed by atoms with Crippen LogP contribution in [0.2, 0.25) is 0 Å². The average Bonchev–Trinajstić information content (AvgIpc) is 2.34. The van der Waals surface area contributed by atoms with Crippen molar-refractivity contribution < 1.29 is 27.5 Å². The number of hydrogen-bond acceptors (Lipinski definition) is 4. The molecule has 0 spiro atoms. The van der Waals surface area contributed by atoms with Gasteiger partial charge in [0.15, 0.2) is 0 Å². The first kappa shape index (κ1) is 14.6. The molecule has 1 atom stereocenters. The lowest BCUT2D eigenvalue weighted by molar-refractivity contribution is -0.194. The largest absolute Gasteiger partial charge is 0.448 e. The minimum absolute atomic E-state index is 0.00866. The van der Waals surface area contributed by atoms with Crippen molar-refractivity contribution >= 4 is 12.5 Å². The average molecular weight is 269 g/mol. The van der Waals surface area contributed by atoms with Crippen molar-refractivity contribution in [1.29, 1.82) is 0 Å². The molecule has 2 N–H and O–H groups in total. The fraction of sp³-hybridized carbons (Fsp3) is 0.778. The van der Waals surface area contributed by atoms with Crippen molar-refractivity contribution in [1.82, 2.24) is 9.80 Å². The molecule has 1 fully saturated rings. The summed E-state index contributed by atoms with van der Waals surface area (Å²) < 4.78 is 42.7. The molecule has 1 aliphatic heterocycles. The van der Waals surface area contributed by atoms with Crippen LogP contribution in [0.5, 0.6) is 0 Å². The molecule has 1 saturated heterocycles. The molecule has 0 bridgehead atoms. The Kier molecular flexibility index (Phi) is 4.76. The van der Waals surface area contributed by atoms with Gasteiger partial charge in [-0.15, -0.1) is 0 Å². The molecule has 18 heavy (non-hydrogen) atoms. The van der Waals surface area contributed by atoms with E-state index >= 15 is 0 Å². The molecule has 1 aliphatic rings. The van der Waals surface area contributed by atoms with Crippen molar-refractivity contribution in [3.05, 3.63) is 0 Å². The molecule has 9 heteroatoms. The maximum absolute atomic E-state index is 12.7. The van der Waals surface area contributed by atoms with E-state index in [1.807, 2.05) is 0 Å². The highest BCUT2D eigenvalue weighted by molar-refractivity contribution is 5.68. The lowest BCUT2D eigenvalue weighted by atomic mass is 10.2. The lowest BCUT2D eigenvalue weighted by Crippen LogP contribution is -2.59. The molecular formula is C9H14F3N3O3. The Bertz CT molecular complexity index is 311. The standard InChI is InChI=1S/C9H14F3N3O3/c10-9(11,12)7-5-14(2-3-15(7)6-16)8(17)18-4-1-13/h6-7H,1-5,13H2. The number of ether oxygens (including phenoxy) is 1. The van der Waals surface area contributed by atoms with Gasteiger partial charge in [-0.2, -0.15) is 13.2 Å². The molecule has 0 aromatic heterocycles. The van der Waals surface area contributed by atoms with Gasteiger partial charge in [0.05, 0.1) is 6.54 Å². The van der Waals surface area contributed by atoms with Gasteiger partial charge in [0, 0.05) is 19.6 Å². The molecule has 0 aromatic rings. The van der Waals surface area contributed by atoms with Gasteiger partial charge in [-0.3, -0.25) is 4.79 Å². The minimum Gasteiger partial charge on any atom is -0.448 e. The quantitative estimate of drug-likeness (QED) is 0.719. The van der Waals surface area contributed by atoms with Crippen LogP contribution in [0.3, 0.4) is 0 Å². The van der Waals surface area contributed by atoms with Gasteiger partial charge in [0.2, 0.25) is 6.41 Å². The van der Waals surface area contributed by atoms with E-state index in [2.05, 4.69) is 4.74 Å². The minimum atomic E-state index is -4.58. The number of hydrogen-bond donors (Lipinski definition) is 1. The Morgan fingerprint density at radius 3 is 2.61 bits per heavy atom. The number of carbonyl (C=O) groups is 2. The SMILES string of the molecule is NCCOC(=O)N1CCN(C=O)C(C(F)(F)F)C1. The highest BCUT2D eigenvalue weighted by atomic mass is 19.4. The van der Waals surface area contributed by atoms with E-state index in [1.165, 1.54) is 0 Å². The maximum Gasteiger partial charge on any atom is 0.410 e. The molecule has 0 aliphatic carbocycles. The molecule has 0 aromatic carbocycles. The van der Waals surface area contributed by atoms with Crippen LogP contribution in [0.25, 0.3) is 0 Å². The summed E-state index contributed by atoms with van der Waals surface area (Å²) in [7, 11) is 0. The van der Waals surface area contributed by atoms with E-state index in [9.17, 15) is 22.8 Å². The second kappa shape index (κ2) is 5.89. The monoisotopic (exact) mass is 269 g/mol. The van der Waals surface area contributed by atoms with Crippen LogP contribution < -0.4 is 5.73 Å². The first-order chi connectivity index (χ1) is 8.40. The number of halogens is 3. The predicted molar refractivity (Wildman–Crippen MR) is 54.6 cm³/mol. The summed E-state index contributed by atoms with van der Waals surface area (Å²) in [6, 6.07) is -1.99. The number of nitrogens with two attached hydrogens (primary N) is 1. The Labute approximate surface area is 101 Å². The van der Waals surface area contributed by atoms with Crippen LogP contribution in [0.1, 0.15) is 0 Å². The van der Waals surface area contributed by atoms with E-state index in [1.54, 1.807) is 0 Å². The molecule has 104 valence electrons. The summed E-state index contributed by atoms with van der Waals surface area (Å²) in [6.45, 7) is -0.738. The molecule has 1 heterocycles. The number of nitrogens with zero attached hydrogens (tertiary/aromatic N) is 2. The van der Waals surface area contributed by atoms with Crippen LogP contribution in [0.4, 0.5) is 18.0 Å². The molecular weight excluding hydrogens is 255 g/mol. The topological polar surface area (TPSA) is 75.9 Å². The third kappa shape index (κ3) is 3.49. The van der Waals surface area contributed by atoms with Crippen LogP contribution >= 0.6 is 0 Å². The molecule has 1 rings (SSSR count). The predicted octanol–water partition coefficient (Wildman–Crippen LogP) is -0.213. The lowest BCUT2D eigenvalue weighted by Gasteiger charge is -2.39. The first-order valence-electron chi connectivity index (χ1n) is 5.29. The van der Waals surface area contributed by atoms with E-state index in [-0.39, 0.29) is 32.7 Å². The van der Waals surface area contributed by atoms with E-state index in [4.69, 9.17) is 5.73 Å². The zero-order chi connectivity index (χ0) is 13.8. The van der Waals surface area contributed by atoms with Crippen molar-refractivity contribution in [2.24, 2.45) is 5.73 Å². The Morgan fingerprint density at radius 1 is 1.44 bits per heavy atom. The number of piperazine rings is 1. The van der Waals surface area contributed by atoms with Gasteiger partial charge in [-0.05, 0) is 0 Å². The van der Waals surface area contributed by atoms with Gasteiger partial charge >= 0.3 is 12.3 Å². The van der Waals surface area contributed by atoms with Crippen LogP contribution in [-0.2, 0) is 9.53 Å². The van der Waals surface area contributed by atoms with Crippen molar-refractivity contribution in [3.8, 4) is 0 Å². The van der Waals surface area contributed by atoms with Gasteiger partial charge in [-0.1, -0.05) is 0 Å². The number of alkyl halides is 3. The highest BCUT2D eigenvalue weighted by Crippen LogP contribution is 2.27. The highest BCUT2D eigenvalue weighted by Gasteiger charge is 2.47. The Hall–Kier alpha value is -1.51. The van der Waals surface area contributed by atoms with Crippen LogP contribution in [0, 0.1) is 0 Å². The molecule has 2 amide bonds. The summed E-state index contributed by atoms with van der Waals surface area (Å²) in [4.78, 5) is 23.5. The van der Waals surface area contributed by atoms with Gasteiger partial charge < -0.3 is 20.3 Å². The Morgan fingerprint density at radius 2 is 2.11 bits per heavy atom. The van der Waals surface area contributed by atoms with Crippen LogP contribution in [0.15, 0.2) is 0 Å². The second-order valence-corrected chi connectivity index (χ2v) is 3.75. The number of rotatable bonds is 3. The third-order valence-electron chi connectivity index (χ3n) is 2.54. The molecule has 6 nitrogen and oxygen atoms in total. The zero-order valence-corrected chi connectivity index (χ0v) is 9.52. The van der Waals surface area contributed by atoms with E-state index in [0.717, 1.165) is 4.90 Å². The smallest absolute Gasteiger partial charge is 0.410 e. The molecule has 0 radical (unpaired) electrons. The summed E-state index contributed by atoms with van der Waals surface area (Å²) in [5.41, 5.74) is 5.12. The van der Waals surface area contributed by atoms with Crippen molar-refractivity contribution in [2.75, 3.05) is 32.8 Å². The summed E-state index contributed by atoms with van der Waals surface area (Å²) in [6.07, 6.45) is -5.28. The summed E-state index contributed by atoms with van der Waals surface area (Å²) in [5, 5.41) is 0. The van der Waals surface area contributed by atoms with Crippen molar-refractivity contribution in [3.63, 3.8) is 0 Å². The third-order valence-corrected chi connectivity index (χ3v) is 2.54. The number of amides is 2. The second-order valence-electron chi connectivity index (χ2n) is 3.75. The molecule has 0 saturated carbocycles.